The van der Waals surface area contributed by atoms with Gasteiger partial charge in [0.05, 0.1) is 12.1 Å². The maximum absolute atomic E-state index is 12.7. The van der Waals surface area contributed by atoms with E-state index < -0.39 is 12.5 Å². The van der Waals surface area contributed by atoms with Crippen molar-refractivity contribution in [3.8, 4) is 5.75 Å². The molecule has 2 aliphatic rings. The quantitative estimate of drug-likeness (QED) is 0.721. The van der Waals surface area contributed by atoms with Crippen LogP contribution in [-0.2, 0) is 22.6 Å². The number of fused-ring (bicyclic) bond motifs is 1. The van der Waals surface area contributed by atoms with E-state index in [2.05, 4.69) is 4.74 Å². The average molecular weight is 434 g/mol. The molecule has 164 valence electrons. The van der Waals surface area contributed by atoms with Crippen LogP contribution >= 0.6 is 0 Å². The largest absolute Gasteiger partial charge is 0.573 e. The Balaban J connectivity index is 1.40. The molecule has 0 unspecified atom stereocenters. The Labute approximate surface area is 177 Å². The minimum atomic E-state index is -4.82. The predicted molar refractivity (Wildman–Crippen MR) is 106 cm³/mol. The summed E-state index contributed by atoms with van der Waals surface area (Å²) >= 11 is 0. The number of amides is 2. The number of para-hydroxylation sites is 2. The fraction of sp³-hybridized carbons (Fsp3) is 0.364. The van der Waals surface area contributed by atoms with Gasteiger partial charge >= 0.3 is 12.5 Å². The summed E-state index contributed by atoms with van der Waals surface area (Å²) in [5.74, 6) is -0.649. The van der Waals surface area contributed by atoms with E-state index in [4.69, 9.17) is 4.74 Å². The Hall–Kier alpha value is -3.23. The van der Waals surface area contributed by atoms with E-state index in [1.807, 2.05) is 24.3 Å². The van der Waals surface area contributed by atoms with E-state index >= 15 is 0 Å². The van der Waals surface area contributed by atoms with Crippen LogP contribution in [0.25, 0.3) is 0 Å². The van der Waals surface area contributed by atoms with Crippen molar-refractivity contribution in [3.05, 3.63) is 59.7 Å². The maximum Gasteiger partial charge on any atom is 0.573 e. The lowest BCUT2D eigenvalue weighted by molar-refractivity contribution is -0.274. The van der Waals surface area contributed by atoms with Gasteiger partial charge in [0, 0.05) is 30.3 Å². The summed E-state index contributed by atoms with van der Waals surface area (Å²) in [5.41, 5.74) is 1.93. The Morgan fingerprint density at radius 1 is 1.06 bits per heavy atom. The van der Waals surface area contributed by atoms with E-state index in [0.29, 0.717) is 25.9 Å². The Kier molecular flexibility index (Phi) is 5.75. The lowest BCUT2D eigenvalue weighted by Gasteiger charge is -2.40. The first-order valence-electron chi connectivity index (χ1n) is 9.97. The van der Waals surface area contributed by atoms with E-state index in [0.717, 1.165) is 11.3 Å². The molecule has 0 aliphatic carbocycles. The first-order chi connectivity index (χ1) is 14.8. The number of halogens is 3. The summed E-state index contributed by atoms with van der Waals surface area (Å²) in [4.78, 5) is 28.4. The molecule has 2 aromatic rings. The minimum Gasteiger partial charge on any atom is -0.444 e. The van der Waals surface area contributed by atoms with Gasteiger partial charge in [-0.05, 0) is 25.0 Å². The molecule has 9 heteroatoms. The molecule has 2 amide bonds. The van der Waals surface area contributed by atoms with Gasteiger partial charge in [-0.3, -0.25) is 9.69 Å². The number of anilines is 1. The third-order valence-corrected chi connectivity index (χ3v) is 5.52. The highest BCUT2D eigenvalue weighted by Gasteiger charge is 2.35. The fourth-order valence-corrected chi connectivity index (χ4v) is 4.04. The van der Waals surface area contributed by atoms with Gasteiger partial charge in [0.2, 0.25) is 5.91 Å². The van der Waals surface area contributed by atoms with Gasteiger partial charge in [0.15, 0.2) is 0 Å². The SMILES string of the molecule is O=C(Cc1ccccc1OC(F)(F)F)N1CCC(N2C(=O)OCc3ccccc32)CC1. The van der Waals surface area contributed by atoms with E-state index in [-0.39, 0.29) is 36.3 Å². The highest BCUT2D eigenvalue weighted by molar-refractivity contribution is 5.91. The number of cyclic esters (lactones) is 1. The Bertz CT molecular complexity index is 971. The second kappa shape index (κ2) is 8.49. The predicted octanol–water partition coefficient (Wildman–Crippen LogP) is 4.28. The number of piperidine rings is 1. The fourth-order valence-electron chi connectivity index (χ4n) is 4.04. The molecule has 2 aliphatic heterocycles. The molecule has 1 saturated heterocycles. The molecule has 1 fully saturated rings. The molecule has 2 heterocycles. The normalized spacial score (nSPS) is 17.2. The van der Waals surface area contributed by atoms with Crippen molar-refractivity contribution in [2.24, 2.45) is 0 Å². The lowest BCUT2D eigenvalue weighted by Crippen LogP contribution is -2.50. The molecular formula is C22H21F3N2O4. The highest BCUT2D eigenvalue weighted by Crippen LogP contribution is 2.32. The van der Waals surface area contributed by atoms with Gasteiger partial charge in [-0.15, -0.1) is 13.2 Å². The third kappa shape index (κ3) is 4.76. The van der Waals surface area contributed by atoms with Crippen molar-refractivity contribution >= 4 is 17.7 Å². The Morgan fingerprint density at radius 3 is 2.48 bits per heavy atom. The van der Waals surface area contributed by atoms with Crippen LogP contribution in [0.1, 0.15) is 24.0 Å². The molecule has 0 saturated carbocycles. The molecule has 0 radical (unpaired) electrons. The third-order valence-electron chi connectivity index (χ3n) is 5.52. The molecule has 2 aromatic carbocycles. The van der Waals surface area contributed by atoms with Crippen molar-refractivity contribution in [2.75, 3.05) is 18.0 Å². The van der Waals surface area contributed by atoms with Gasteiger partial charge < -0.3 is 14.4 Å². The van der Waals surface area contributed by atoms with Crippen molar-refractivity contribution in [3.63, 3.8) is 0 Å². The van der Waals surface area contributed by atoms with Crippen LogP contribution in [-0.4, -0.2) is 42.4 Å². The van der Waals surface area contributed by atoms with Gasteiger partial charge in [-0.25, -0.2) is 4.79 Å². The summed E-state index contributed by atoms with van der Waals surface area (Å²) in [6.07, 6.45) is -4.31. The molecule has 31 heavy (non-hydrogen) atoms. The van der Waals surface area contributed by atoms with Crippen molar-refractivity contribution in [1.29, 1.82) is 0 Å². The second-order valence-electron chi connectivity index (χ2n) is 7.50. The first kappa shape index (κ1) is 21.0. The van der Waals surface area contributed by atoms with Crippen molar-refractivity contribution in [2.45, 2.75) is 38.3 Å². The van der Waals surface area contributed by atoms with Crippen LogP contribution in [0.2, 0.25) is 0 Å². The summed E-state index contributed by atoms with van der Waals surface area (Å²) in [5, 5.41) is 0. The highest BCUT2D eigenvalue weighted by atomic mass is 19.4. The standard InChI is InChI=1S/C22H21F3N2O4/c23-22(24,25)31-19-8-4-2-5-15(19)13-20(28)26-11-9-17(10-12-26)27-18-7-3-1-6-16(18)14-30-21(27)29/h1-8,17H,9-14H2. The number of hydrogen-bond donors (Lipinski definition) is 0. The summed E-state index contributed by atoms with van der Waals surface area (Å²) in [6.45, 7) is 1.04. The van der Waals surface area contributed by atoms with Gasteiger partial charge in [0.25, 0.3) is 0 Å². The molecule has 0 bridgehead atoms. The van der Waals surface area contributed by atoms with E-state index in [1.54, 1.807) is 15.9 Å². The smallest absolute Gasteiger partial charge is 0.444 e. The number of benzene rings is 2. The number of rotatable bonds is 4. The van der Waals surface area contributed by atoms with E-state index in [1.165, 1.54) is 18.2 Å². The zero-order chi connectivity index (χ0) is 22.0. The van der Waals surface area contributed by atoms with Crippen LogP contribution in [0, 0.1) is 0 Å². The molecule has 0 spiro atoms. The minimum absolute atomic E-state index is 0.112. The van der Waals surface area contributed by atoms with Gasteiger partial charge in [-0.2, -0.15) is 0 Å². The lowest BCUT2D eigenvalue weighted by atomic mass is 10.00. The number of nitrogens with zero attached hydrogens (tertiary/aromatic N) is 2. The van der Waals surface area contributed by atoms with Crippen molar-refractivity contribution < 1.29 is 32.2 Å². The summed E-state index contributed by atoms with van der Waals surface area (Å²) in [6, 6.07) is 13.1. The number of carbonyl (C=O) groups is 2. The zero-order valence-electron chi connectivity index (χ0n) is 16.6. The molecule has 0 atom stereocenters. The molecule has 6 nitrogen and oxygen atoms in total. The molecule has 4 rings (SSSR count). The number of carbonyl (C=O) groups excluding carboxylic acids is 2. The molecule has 0 N–H and O–H groups in total. The number of hydrogen-bond acceptors (Lipinski definition) is 4. The summed E-state index contributed by atoms with van der Waals surface area (Å²) in [7, 11) is 0. The van der Waals surface area contributed by atoms with E-state index in [9.17, 15) is 22.8 Å². The molecular weight excluding hydrogens is 413 g/mol. The average Bonchev–Trinajstić information content (AvgIpc) is 2.74. The number of ether oxygens (including phenoxy) is 2. The van der Waals surface area contributed by atoms with Gasteiger partial charge in [0.1, 0.15) is 12.4 Å². The molecule has 0 aromatic heterocycles. The Morgan fingerprint density at radius 2 is 1.74 bits per heavy atom. The number of likely N-dealkylation sites (tertiary alicyclic amines) is 1. The zero-order valence-corrected chi connectivity index (χ0v) is 16.6. The van der Waals surface area contributed by atoms with Crippen LogP contribution in [0.4, 0.5) is 23.7 Å². The first-order valence-corrected chi connectivity index (χ1v) is 9.97. The number of alkyl halides is 3. The summed E-state index contributed by atoms with van der Waals surface area (Å²) < 4.78 is 47.1. The second-order valence-corrected chi connectivity index (χ2v) is 7.50. The topological polar surface area (TPSA) is 59.1 Å². The maximum atomic E-state index is 12.7. The van der Waals surface area contributed by atoms with Gasteiger partial charge in [-0.1, -0.05) is 36.4 Å². The van der Waals surface area contributed by atoms with Crippen LogP contribution < -0.4 is 9.64 Å². The van der Waals surface area contributed by atoms with Crippen LogP contribution in [0.5, 0.6) is 5.75 Å². The van der Waals surface area contributed by atoms with Crippen molar-refractivity contribution in [1.82, 2.24) is 4.90 Å². The van der Waals surface area contributed by atoms with Crippen LogP contribution in [0.15, 0.2) is 48.5 Å². The monoisotopic (exact) mass is 434 g/mol. The van der Waals surface area contributed by atoms with Crippen LogP contribution in [0.3, 0.4) is 0 Å².